The average molecular weight is 294 g/mol. The number of likely N-dealkylation sites (tertiary alicyclic amines) is 1. The predicted molar refractivity (Wildman–Crippen MR) is 78.6 cm³/mol. The van der Waals surface area contributed by atoms with Crippen molar-refractivity contribution in [2.75, 3.05) is 27.3 Å². The number of hydrogen-bond acceptors (Lipinski definition) is 5. The van der Waals surface area contributed by atoms with Gasteiger partial charge in [0.15, 0.2) is 0 Å². The van der Waals surface area contributed by atoms with E-state index >= 15 is 0 Å². The lowest BCUT2D eigenvalue weighted by Crippen LogP contribution is -2.37. The van der Waals surface area contributed by atoms with Crippen LogP contribution in [0.2, 0.25) is 0 Å². The van der Waals surface area contributed by atoms with E-state index in [-0.39, 0.29) is 17.8 Å². The van der Waals surface area contributed by atoms with Crippen molar-refractivity contribution >= 4 is 6.09 Å². The third kappa shape index (κ3) is 3.58. The van der Waals surface area contributed by atoms with E-state index in [0.717, 1.165) is 25.1 Å². The van der Waals surface area contributed by atoms with E-state index in [1.54, 1.807) is 13.2 Å². The molecule has 1 saturated heterocycles. The molecule has 6 nitrogen and oxygen atoms in total. The maximum Gasteiger partial charge on any atom is 0.407 e. The number of amides is 1. The summed E-state index contributed by atoms with van der Waals surface area (Å²) in [6.07, 6.45) is 0.470. The number of rotatable bonds is 4. The van der Waals surface area contributed by atoms with Crippen molar-refractivity contribution in [3.05, 3.63) is 23.8 Å². The Morgan fingerprint density at radius 1 is 1.48 bits per heavy atom. The molecule has 0 bridgehead atoms. The van der Waals surface area contributed by atoms with Crippen molar-refractivity contribution < 1.29 is 19.4 Å². The summed E-state index contributed by atoms with van der Waals surface area (Å²) in [7, 11) is 2.93. The van der Waals surface area contributed by atoms with Gasteiger partial charge in [0, 0.05) is 36.8 Å². The predicted octanol–water partition coefficient (Wildman–Crippen LogP) is 1.89. The summed E-state index contributed by atoms with van der Waals surface area (Å²) < 4.78 is 9.71. The summed E-state index contributed by atoms with van der Waals surface area (Å²) in [6.45, 7) is 3.64. The van der Waals surface area contributed by atoms with Crippen LogP contribution in [0, 0.1) is 0 Å². The van der Waals surface area contributed by atoms with Crippen molar-refractivity contribution in [2.24, 2.45) is 0 Å². The van der Waals surface area contributed by atoms with Crippen molar-refractivity contribution in [1.29, 1.82) is 0 Å². The highest BCUT2D eigenvalue weighted by atomic mass is 16.5. The number of methoxy groups -OCH3 is 2. The summed E-state index contributed by atoms with van der Waals surface area (Å²) in [5.41, 5.74) is 0.856. The molecule has 1 heterocycles. The number of hydrogen-bond donors (Lipinski definition) is 2. The molecule has 1 aromatic carbocycles. The lowest BCUT2D eigenvalue weighted by atomic mass is 10.1. The summed E-state index contributed by atoms with van der Waals surface area (Å²) in [5.74, 6) is 0.862. The molecule has 116 valence electrons. The molecule has 1 amide bonds. The van der Waals surface area contributed by atoms with Crippen LogP contribution in [-0.2, 0) is 4.74 Å². The van der Waals surface area contributed by atoms with Gasteiger partial charge in [-0.2, -0.15) is 0 Å². The molecule has 2 rings (SSSR count). The van der Waals surface area contributed by atoms with Gasteiger partial charge in [0.2, 0.25) is 0 Å². The first-order valence-corrected chi connectivity index (χ1v) is 7.00. The Morgan fingerprint density at radius 2 is 2.24 bits per heavy atom. The fourth-order valence-corrected chi connectivity index (χ4v) is 2.68. The minimum absolute atomic E-state index is 0.0698. The van der Waals surface area contributed by atoms with E-state index in [1.807, 2.05) is 19.1 Å². The second-order valence-electron chi connectivity index (χ2n) is 5.22. The van der Waals surface area contributed by atoms with Crippen LogP contribution in [0.5, 0.6) is 11.5 Å². The molecule has 1 aromatic rings. The third-order valence-corrected chi connectivity index (χ3v) is 3.96. The fourth-order valence-electron chi connectivity index (χ4n) is 2.68. The highest BCUT2D eigenvalue weighted by Crippen LogP contribution is 2.33. The number of phenols is 1. The molecule has 0 spiro atoms. The van der Waals surface area contributed by atoms with E-state index < -0.39 is 6.09 Å². The minimum Gasteiger partial charge on any atom is -0.507 e. The van der Waals surface area contributed by atoms with Gasteiger partial charge in [-0.15, -0.1) is 0 Å². The lowest BCUT2D eigenvalue weighted by Gasteiger charge is -2.25. The molecule has 2 atom stereocenters. The van der Waals surface area contributed by atoms with Crippen molar-refractivity contribution in [2.45, 2.75) is 25.4 Å². The zero-order valence-electron chi connectivity index (χ0n) is 12.6. The van der Waals surface area contributed by atoms with Gasteiger partial charge in [0.1, 0.15) is 11.5 Å². The lowest BCUT2D eigenvalue weighted by molar-refractivity contribution is 0.165. The minimum atomic E-state index is -0.401. The van der Waals surface area contributed by atoms with Crippen LogP contribution in [0.1, 0.15) is 24.9 Å². The fraction of sp³-hybridized carbons (Fsp3) is 0.533. The maximum atomic E-state index is 11.2. The summed E-state index contributed by atoms with van der Waals surface area (Å²) >= 11 is 0. The van der Waals surface area contributed by atoms with E-state index in [9.17, 15) is 9.90 Å². The number of carbonyl (C=O) groups excluding carboxylic acids is 1. The molecule has 0 aliphatic carbocycles. The number of ether oxygens (including phenoxy) is 2. The number of carbonyl (C=O) groups is 1. The Kier molecular flexibility index (Phi) is 4.90. The van der Waals surface area contributed by atoms with Crippen LogP contribution in [0.4, 0.5) is 4.79 Å². The molecule has 1 fully saturated rings. The second-order valence-corrected chi connectivity index (χ2v) is 5.22. The SMILES string of the molecule is COC(=O)NC1CCN(C(C)c2ccc(OC)cc2O)C1. The Balaban J connectivity index is 2.01. The van der Waals surface area contributed by atoms with Gasteiger partial charge >= 0.3 is 6.09 Å². The molecule has 1 aliphatic rings. The van der Waals surface area contributed by atoms with Crippen molar-refractivity contribution in [3.8, 4) is 11.5 Å². The van der Waals surface area contributed by atoms with Crippen LogP contribution in [0.15, 0.2) is 18.2 Å². The molecule has 1 aliphatic heterocycles. The third-order valence-electron chi connectivity index (χ3n) is 3.96. The van der Waals surface area contributed by atoms with Gasteiger partial charge in [-0.25, -0.2) is 4.79 Å². The molecule has 21 heavy (non-hydrogen) atoms. The second kappa shape index (κ2) is 6.67. The van der Waals surface area contributed by atoms with E-state index in [0.29, 0.717) is 5.75 Å². The smallest absolute Gasteiger partial charge is 0.407 e. The van der Waals surface area contributed by atoms with Gasteiger partial charge in [-0.05, 0) is 19.4 Å². The van der Waals surface area contributed by atoms with Crippen LogP contribution in [-0.4, -0.2) is 49.5 Å². The van der Waals surface area contributed by atoms with Crippen molar-refractivity contribution in [3.63, 3.8) is 0 Å². The van der Waals surface area contributed by atoms with E-state index in [2.05, 4.69) is 15.0 Å². The van der Waals surface area contributed by atoms with Crippen LogP contribution < -0.4 is 10.1 Å². The molecule has 0 radical (unpaired) electrons. The van der Waals surface area contributed by atoms with Crippen LogP contribution in [0.3, 0.4) is 0 Å². The number of nitrogens with zero attached hydrogens (tertiary/aromatic N) is 1. The molecular weight excluding hydrogens is 272 g/mol. The highest BCUT2D eigenvalue weighted by molar-refractivity contribution is 5.67. The number of phenolic OH excluding ortho intramolecular Hbond substituents is 1. The topological polar surface area (TPSA) is 71.0 Å². The summed E-state index contributed by atoms with van der Waals surface area (Å²) in [4.78, 5) is 13.5. The standard InChI is InChI=1S/C15H22N2O4/c1-10(13-5-4-12(20-2)8-14(13)18)17-7-6-11(9-17)16-15(19)21-3/h4-5,8,10-11,18H,6-7,9H2,1-3H3,(H,16,19). The Labute approximate surface area is 124 Å². The molecule has 6 heteroatoms. The van der Waals surface area contributed by atoms with Gasteiger partial charge < -0.3 is 19.9 Å². The van der Waals surface area contributed by atoms with Crippen LogP contribution in [0.25, 0.3) is 0 Å². The van der Waals surface area contributed by atoms with Gasteiger partial charge in [-0.3, -0.25) is 4.90 Å². The van der Waals surface area contributed by atoms with E-state index in [4.69, 9.17) is 4.74 Å². The average Bonchev–Trinajstić information content (AvgIpc) is 2.94. The van der Waals surface area contributed by atoms with Gasteiger partial charge in [0.05, 0.1) is 14.2 Å². The quantitative estimate of drug-likeness (QED) is 0.887. The molecule has 2 N–H and O–H groups in total. The first kappa shape index (κ1) is 15.4. The first-order chi connectivity index (χ1) is 10.0. The summed E-state index contributed by atoms with van der Waals surface area (Å²) in [6, 6.07) is 5.48. The highest BCUT2D eigenvalue weighted by Gasteiger charge is 2.29. The molecular formula is C15H22N2O4. The number of nitrogens with one attached hydrogen (secondary N) is 1. The van der Waals surface area contributed by atoms with Gasteiger partial charge in [-0.1, -0.05) is 6.07 Å². The molecule has 0 aromatic heterocycles. The number of benzene rings is 1. The monoisotopic (exact) mass is 294 g/mol. The molecule has 2 unspecified atom stereocenters. The Bertz CT molecular complexity index is 506. The van der Waals surface area contributed by atoms with Crippen LogP contribution >= 0.6 is 0 Å². The largest absolute Gasteiger partial charge is 0.507 e. The Hall–Kier alpha value is -1.95. The zero-order valence-corrected chi connectivity index (χ0v) is 12.6. The van der Waals surface area contributed by atoms with E-state index in [1.165, 1.54) is 7.11 Å². The normalized spacial score (nSPS) is 20.0. The Morgan fingerprint density at radius 3 is 2.86 bits per heavy atom. The zero-order chi connectivity index (χ0) is 15.4. The maximum absolute atomic E-state index is 11.2. The number of alkyl carbamates (subject to hydrolysis) is 1. The first-order valence-electron chi connectivity index (χ1n) is 7.00. The van der Waals surface area contributed by atoms with Crippen molar-refractivity contribution in [1.82, 2.24) is 10.2 Å². The number of aromatic hydroxyl groups is 1. The summed E-state index contributed by atoms with van der Waals surface area (Å²) in [5, 5.41) is 12.9. The molecule has 0 saturated carbocycles. The van der Waals surface area contributed by atoms with Gasteiger partial charge in [0.25, 0.3) is 0 Å².